The summed E-state index contributed by atoms with van der Waals surface area (Å²) >= 11 is 7.63. The number of ether oxygens (including phenoxy) is 1. The number of hydrogen-bond donors (Lipinski definition) is 1. The molecular formula is C30H35ClN2O3S. The van der Waals surface area contributed by atoms with Crippen LogP contribution in [0.5, 0.6) is 5.75 Å². The quantitative estimate of drug-likeness (QED) is 0.284. The number of benzene rings is 3. The number of carbonyl (C=O) groups is 2. The minimum atomic E-state index is -0.638. The van der Waals surface area contributed by atoms with Crippen LogP contribution in [0.1, 0.15) is 37.0 Å². The molecule has 0 fully saturated rings. The van der Waals surface area contributed by atoms with Gasteiger partial charge in [0.1, 0.15) is 11.8 Å². The lowest BCUT2D eigenvalue weighted by Crippen LogP contribution is -2.52. The molecule has 0 aliphatic rings. The summed E-state index contributed by atoms with van der Waals surface area (Å²) in [4.78, 5) is 28.9. The predicted molar refractivity (Wildman–Crippen MR) is 153 cm³/mol. The van der Waals surface area contributed by atoms with Crippen molar-refractivity contribution in [2.75, 3.05) is 12.9 Å². The van der Waals surface area contributed by atoms with Crippen LogP contribution >= 0.6 is 23.4 Å². The Bertz CT molecular complexity index is 1120. The van der Waals surface area contributed by atoms with Crippen molar-refractivity contribution >= 4 is 35.2 Å². The minimum absolute atomic E-state index is 0.0164. The van der Waals surface area contributed by atoms with Crippen LogP contribution < -0.4 is 10.1 Å². The molecule has 7 heteroatoms. The van der Waals surface area contributed by atoms with E-state index in [9.17, 15) is 9.59 Å². The number of nitrogens with one attached hydrogen (secondary N) is 1. The number of amides is 2. The SMILES string of the molecule is CC[C@@H](C)NC(=O)[C@@H](Cc1ccccc1)N(Cc1ccc(Cl)cc1)C(=O)CSCc1ccc(OC)cc1. The molecule has 3 aromatic carbocycles. The molecule has 0 unspecified atom stereocenters. The predicted octanol–water partition coefficient (Wildman–Crippen LogP) is 6.14. The fourth-order valence-corrected chi connectivity index (χ4v) is 4.84. The molecule has 37 heavy (non-hydrogen) atoms. The number of hydrogen-bond acceptors (Lipinski definition) is 4. The third-order valence-electron chi connectivity index (χ3n) is 6.19. The average molecular weight is 539 g/mol. The Kier molecular flexibility index (Phi) is 11.4. The largest absolute Gasteiger partial charge is 0.497 e. The number of thioether (sulfide) groups is 1. The van der Waals surface area contributed by atoms with E-state index in [0.29, 0.717) is 23.7 Å². The maximum Gasteiger partial charge on any atom is 0.243 e. The van der Waals surface area contributed by atoms with Crippen LogP contribution in [0.25, 0.3) is 0 Å². The summed E-state index contributed by atoms with van der Waals surface area (Å²) in [7, 11) is 1.64. The molecule has 0 radical (unpaired) electrons. The van der Waals surface area contributed by atoms with Crippen molar-refractivity contribution < 1.29 is 14.3 Å². The molecule has 0 saturated carbocycles. The van der Waals surface area contributed by atoms with Crippen molar-refractivity contribution in [3.8, 4) is 5.75 Å². The summed E-state index contributed by atoms with van der Waals surface area (Å²) in [6.07, 6.45) is 1.25. The van der Waals surface area contributed by atoms with Crippen molar-refractivity contribution in [3.63, 3.8) is 0 Å². The molecule has 3 aromatic rings. The van der Waals surface area contributed by atoms with Crippen molar-refractivity contribution in [1.82, 2.24) is 10.2 Å². The topological polar surface area (TPSA) is 58.6 Å². The second-order valence-electron chi connectivity index (χ2n) is 9.01. The van der Waals surface area contributed by atoms with Gasteiger partial charge in [0.15, 0.2) is 0 Å². The standard InChI is InChI=1S/C30H35ClN2O3S/c1-4-22(2)32-30(35)28(18-23-8-6-5-7-9-23)33(19-24-10-14-26(31)15-11-24)29(34)21-37-20-25-12-16-27(36-3)17-13-25/h5-17,22,28H,4,18-21H2,1-3H3,(H,32,35)/t22-,28-/m1/s1. The van der Waals surface area contributed by atoms with Gasteiger partial charge < -0.3 is 15.0 Å². The zero-order valence-electron chi connectivity index (χ0n) is 21.7. The van der Waals surface area contributed by atoms with Gasteiger partial charge in [-0.15, -0.1) is 11.8 Å². The highest BCUT2D eigenvalue weighted by Crippen LogP contribution is 2.21. The Morgan fingerprint density at radius 2 is 1.59 bits per heavy atom. The Morgan fingerprint density at radius 1 is 0.946 bits per heavy atom. The summed E-state index contributed by atoms with van der Waals surface area (Å²) < 4.78 is 5.23. The van der Waals surface area contributed by atoms with Crippen LogP contribution in [0.4, 0.5) is 0 Å². The number of carbonyl (C=O) groups excluding carboxylic acids is 2. The van der Waals surface area contributed by atoms with E-state index in [1.165, 1.54) is 11.8 Å². The van der Waals surface area contributed by atoms with E-state index in [4.69, 9.17) is 16.3 Å². The Hall–Kier alpha value is -2.96. The summed E-state index contributed by atoms with van der Waals surface area (Å²) in [6, 6.07) is 24.5. The number of nitrogens with zero attached hydrogens (tertiary/aromatic N) is 1. The second-order valence-corrected chi connectivity index (χ2v) is 10.4. The number of methoxy groups -OCH3 is 1. The maximum absolute atomic E-state index is 13.7. The molecule has 2 atom stereocenters. The van der Waals surface area contributed by atoms with Crippen LogP contribution in [0, 0.1) is 0 Å². The van der Waals surface area contributed by atoms with E-state index in [-0.39, 0.29) is 23.6 Å². The van der Waals surface area contributed by atoms with E-state index < -0.39 is 6.04 Å². The first-order valence-electron chi connectivity index (χ1n) is 12.5. The normalized spacial score (nSPS) is 12.4. The van der Waals surface area contributed by atoms with Crippen LogP contribution in [0.2, 0.25) is 5.02 Å². The highest BCUT2D eigenvalue weighted by Gasteiger charge is 2.30. The third kappa shape index (κ3) is 9.13. The van der Waals surface area contributed by atoms with Crippen LogP contribution in [0.3, 0.4) is 0 Å². The van der Waals surface area contributed by atoms with Gasteiger partial charge in [-0.3, -0.25) is 9.59 Å². The van der Waals surface area contributed by atoms with E-state index in [0.717, 1.165) is 28.9 Å². The molecular weight excluding hydrogens is 504 g/mol. The monoisotopic (exact) mass is 538 g/mol. The lowest BCUT2D eigenvalue weighted by atomic mass is 10.0. The fraction of sp³-hybridized carbons (Fsp3) is 0.333. The number of rotatable bonds is 13. The number of halogens is 1. The van der Waals surface area contributed by atoms with Gasteiger partial charge in [0.2, 0.25) is 11.8 Å². The molecule has 0 aliphatic carbocycles. The third-order valence-corrected chi connectivity index (χ3v) is 7.43. The Balaban J connectivity index is 1.82. The Morgan fingerprint density at radius 3 is 2.22 bits per heavy atom. The van der Waals surface area contributed by atoms with Crippen LogP contribution in [-0.2, 0) is 28.3 Å². The van der Waals surface area contributed by atoms with Gasteiger partial charge >= 0.3 is 0 Å². The minimum Gasteiger partial charge on any atom is -0.497 e. The summed E-state index contributed by atoms with van der Waals surface area (Å²) in [5.41, 5.74) is 3.04. The van der Waals surface area contributed by atoms with Gasteiger partial charge in [-0.25, -0.2) is 0 Å². The fourth-order valence-electron chi connectivity index (χ4n) is 3.84. The van der Waals surface area contributed by atoms with E-state index in [1.807, 2.05) is 92.7 Å². The van der Waals surface area contributed by atoms with Crippen molar-refractivity contribution in [3.05, 3.63) is 101 Å². The van der Waals surface area contributed by atoms with Crippen LogP contribution in [0.15, 0.2) is 78.9 Å². The first-order chi connectivity index (χ1) is 17.9. The lowest BCUT2D eigenvalue weighted by molar-refractivity contribution is -0.139. The van der Waals surface area contributed by atoms with Gasteiger partial charge in [-0.1, -0.05) is 73.1 Å². The molecule has 0 aromatic heterocycles. The molecule has 2 amide bonds. The average Bonchev–Trinajstić information content (AvgIpc) is 2.92. The first kappa shape index (κ1) is 28.6. The van der Waals surface area contributed by atoms with E-state index >= 15 is 0 Å². The molecule has 0 spiro atoms. The molecule has 1 N–H and O–H groups in total. The van der Waals surface area contributed by atoms with Gasteiger partial charge in [0, 0.05) is 29.8 Å². The van der Waals surface area contributed by atoms with Crippen molar-refractivity contribution in [2.45, 2.75) is 51.1 Å². The molecule has 0 aliphatic heterocycles. The zero-order valence-corrected chi connectivity index (χ0v) is 23.2. The van der Waals surface area contributed by atoms with Crippen molar-refractivity contribution in [1.29, 1.82) is 0 Å². The highest BCUT2D eigenvalue weighted by atomic mass is 35.5. The van der Waals surface area contributed by atoms with E-state index in [1.54, 1.807) is 12.0 Å². The van der Waals surface area contributed by atoms with Gasteiger partial charge in [0.05, 0.1) is 12.9 Å². The van der Waals surface area contributed by atoms with Gasteiger partial charge in [-0.05, 0) is 54.3 Å². The smallest absolute Gasteiger partial charge is 0.243 e. The molecule has 0 bridgehead atoms. The lowest BCUT2D eigenvalue weighted by Gasteiger charge is -2.32. The molecule has 5 nitrogen and oxygen atoms in total. The second kappa shape index (κ2) is 14.7. The molecule has 0 heterocycles. The first-order valence-corrected chi connectivity index (χ1v) is 14.0. The van der Waals surface area contributed by atoms with Crippen LogP contribution in [-0.4, -0.2) is 41.7 Å². The van der Waals surface area contributed by atoms with Crippen molar-refractivity contribution in [2.24, 2.45) is 0 Å². The highest BCUT2D eigenvalue weighted by molar-refractivity contribution is 7.99. The maximum atomic E-state index is 13.7. The molecule has 3 rings (SSSR count). The summed E-state index contributed by atoms with van der Waals surface area (Å²) in [5, 5.41) is 3.73. The molecule has 0 saturated heterocycles. The van der Waals surface area contributed by atoms with Gasteiger partial charge in [0.25, 0.3) is 0 Å². The van der Waals surface area contributed by atoms with E-state index in [2.05, 4.69) is 5.32 Å². The van der Waals surface area contributed by atoms with Gasteiger partial charge in [-0.2, -0.15) is 0 Å². The summed E-state index contributed by atoms with van der Waals surface area (Å²) in [6.45, 7) is 4.33. The Labute approximate surface area is 229 Å². The molecule has 196 valence electrons. The summed E-state index contributed by atoms with van der Waals surface area (Å²) in [5.74, 6) is 1.54. The zero-order chi connectivity index (χ0) is 26.6.